The molecule has 1 radical (unpaired) electrons. The molecule has 85 valence electrons. The van der Waals surface area contributed by atoms with Crippen molar-refractivity contribution in [1.29, 1.82) is 0 Å². The van der Waals surface area contributed by atoms with E-state index in [-0.39, 0.29) is 0 Å². The van der Waals surface area contributed by atoms with Crippen LogP contribution in [0.4, 0.5) is 30.7 Å². The molecule has 0 saturated heterocycles. The molecule has 0 aliphatic heterocycles. The van der Waals surface area contributed by atoms with Gasteiger partial charge in [-0.05, 0) is 6.92 Å². The van der Waals surface area contributed by atoms with Gasteiger partial charge in [-0.25, -0.2) is 30.7 Å². The number of hydrogen-bond acceptors (Lipinski definition) is 0. The first-order valence-corrected chi connectivity index (χ1v) is 3.60. The molecular weight excluding hydrogens is 217 g/mol. The fraction of sp³-hybridized carbons (Fsp3) is 0.857. The molecule has 0 rings (SSSR count). The van der Waals surface area contributed by atoms with E-state index in [4.69, 9.17) is 0 Å². The number of hydrogen-bond donors (Lipinski definition) is 0. The molecule has 0 saturated carbocycles. The van der Waals surface area contributed by atoms with Crippen LogP contribution in [0.2, 0.25) is 0 Å². The predicted octanol–water partition coefficient (Wildman–Crippen LogP) is 3.47. The lowest BCUT2D eigenvalue weighted by Gasteiger charge is -2.23. The maximum absolute atomic E-state index is 12.4. The highest BCUT2D eigenvalue weighted by atomic mass is 19.3. The summed E-state index contributed by atoms with van der Waals surface area (Å²) in [5.41, 5.74) is 0. The predicted molar refractivity (Wildman–Crippen MR) is 35.4 cm³/mol. The molecule has 0 fully saturated rings. The van der Waals surface area contributed by atoms with Crippen molar-refractivity contribution in [2.24, 2.45) is 0 Å². The van der Waals surface area contributed by atoms with E-state index in [0.717, 1.165) is 0 Å². The molecule has 0 aromatic heterocycles. The normalized spacial score (nSPS) is 16.1. The Balaban J connectivity index is 4.39. The molecule has 7 heteroatoms. The van der Waals surface area contributed by atoms with E-state index in [1.165, 1.54) is 0 Å². The zero-order chi connectivity index (χ0) is 11.6. The Kier molecular flexibility index (Phi) is 4.20. The maximum atomic E-state index is 12.4. The third kappa shape index (κ3) is 3.34. The topological polar surface area (TPSA) is 0 Å². The van der Waals surface area contributed by atoms with Gasteiger partial charge >= 0.3 is 12.3 Å². The Hall–Kier alpha value is -0.490. The van der Waals surface area contributed by atoms with Crippen LogP contribution in [0.25, 0.3) is 0 Å². The smallest absolute Gasteiger partial charge is 0.241 e. The number of alkyl halides is 7. The molecule has 14 heavy (non-hydrogen) atoms. The number of rotatable bonds is 5. The van der Waals surface area contributed by atoms with Gasteiger partial charge in [0.25, 0.3) is 5.92 Å². The molecule has 0 N–H and O–H groups in total. The van der Waals surface area contributed by atoms with E-state index >= 15 is 0 Å². The average molecular weight is 225 g/mol. The zero-order valence-electron chi connectivity index (χ0n) is 6.92. The highest BCUT2D eigenvalue weighted by molar-refractivity contribution is 4.84. The lowest BCUT2D eigenvalue weighted by atomic mass is 10.0. The zero-order valence-corrected chi connectivity index (χ0v) is 6.92. The van der Waals surface area contributed by atoms with Crippen LogP contribution < -0.4 is 0 Å². The van der Waals surface area contributed by atoms with Crippen molar-refractivity contribution < 1.29 is 30.7 Å². The maximum Gasteiger partial charge on any atom is 0.310 e. The van der Waals surface area contributed by atoms with E-state index in [1.807, 2.05) is 0 Å². The third-order valence-corrected chi connectivity index (χ3v) is 1.56. The first kappa shape index (κ1) is 13.5. The van der Waals surface area contributed by atoms with Crippen molar-refractivity contribution in [2.75, 3.05) is 0 Å². The Labute approximate surface area is 76.1 Å². The van der Waals surface area contributed by atoms with Crippen molar-refractivity contribution in [1.82, 2.24) is 0 Å². The molecule has 0 aliphatic rings. The van der Waals surface area contributed by atoms with E-state index in [9.17, 15) is 30.7 Å². The van der Waals surface area contributed by atoms with Crippen LogP contribution in [0, 0.1) is 6.92 Å². The van der Waals surface area contributed by atoms with Crippen LogP contribution in [0.15, 0.2) is 0 Å². The molecule has 0 aromatic rings. The molecule has 0 bridgehead atoms. The fourth-order valence-corrected chi connectivity index (χ4v) is 0.634. The minimum atomic E-state index is -4.74. The van der Waals surface area contributed by atoms with Gasteiger partial charge in [0.15, 0.2) is 6.17 Å². The van der Waals surface area contributed by atoms with Gasteiger partial charge in [-0.3, -0.25) is 0 Å². The van der Waals surface area contributed by atoms with Crippen LogP contribution >= 0.6 is 0 Å². The standard InChI is InChI=1S/C7H8F7/c1-2-6(11,12)4(8)3-7(13,14)5(9)10/h4-5H,1-3H2/t4-/m0/s1. The van der Waals surface area contributed by atoms with Crippen molar-refractivity contribution in [3.63, 3.8) is 0 Å². The van der Waals surface area contributed by atoms with Crippen molar-refractivity contribution in [3.05, 3.63) is 6.92 Å². The van der Waals surface area contributed by atoms with Crippen molar-refractivity contribution >= 4 is 0 Å². The molecule has 0 aromatic carbocycles. The van der Waals surface area contributed by atoms with Gasteiger partial charge < -0.3 is 0 Å². The Morgan fingerprint density at radius 3 is 1.64 bits per heavy atom. The molecule has 0 nitrogen and oxygen atoms in total. The lowest BCUT2D eigenvalue weighted by Crippen LogP contribution is -2.38. The summed E-state index contributed by atoms with van der Waals surface area (Å²) in [7, 11) is 0. The fourth-order valence-electron chi connectivity index (χ4n) is 0.634. The largest absolute Gasteiger partial charge is 0.310 e. The van der Waals surface area contributed by atoms with Crippen LogP contribution in [0.1, 0.15) is 12.8 Å². The second-order valence-electron chi connectivity index (χ2n) is 2.74. The Morgan fingerprint density at radius 1 is 0.929 bits per heavy atom. The van der Waals surface area contributed by atoms with Crippen molar-refractivity contribution in [3.8, 4) is 0 Å². The van der Waals surface area contributed by atoms with Gasteiger partial charge in [0.2, 0.25) is 0 Å². The quantitative estimate of drug-likeness (QED) is 0.628. The molecule has 0 amide bonds. The Bertz CT molecular complexity index is 177. The highest BCUT2D eigenvalue weighted by Gasteiger charge is 2.49. The minimum Gasteiger partial charge on any atom is -0.241 e. The van der Waals surface area contributed by atoms with E-state index in [0.29, 0.717) is 0 Å². The monoisotopic (exact) mass is 225 g/mol. The van der Waals surface area contributed by atoms with Gasteiger partial charge in [0.1, 0.15) is 0 Å². The molecule has 0 aliphatic carbocycles. The van der Waals surface area contributed by atoms with Gasteiger partial charge in [0, 0.05) is 6.42 Å². The second kappa shape index (κ2) is 4.35. The summed E-state index contributed by atoms with van der Waals surface area (Å²) in [6.45, 7) is 2.63. The van der Waals surface area contributed by atoms with Crippen LogP contribution in [0.5, 0.6) is 0 Å². The first-order chi connectivity index (χ1) is 6.13. The first-order valence-electron chi connectivity index (χ1n) is 3.60. The summed E-state index contributed by atoms with van der Waals surface area (Å²) in [6, 6.07) is 0. The van der Waals surface area contributed by atoms with Gasteiger partial charge in [-0.1, -0.05) is 0 Å². The van der Waals surface area contributed by atoms with Crippen LogP contribution in [0.3, 0.4) is 0 Å². The SMILES string of the molecule is [CH2]CC(F)(F)[C@@H](F)CC(F)(F)C(F)F. The molecular formula is C7H8F7. The molecule has 0 heterocycles. The van der Waals surface area contributed by atoms with Crippen LogP contribution in [-0.2, 0) is 0 Å². The average Bonchev–Trinajstić information content (AvgIpc) is 2.03. The third-order valence-electron chi connectivity index (χ3n) is 1.56. The summed E-state index contributed by atoms with van der Waals surface area (Å²) in [5, 5.41) is 0. The second-order valence-corrected chi connectivity index (χ2v) is 2.74. The van der Waals surface area contributed by atoms with Gasteiger partial charge in [0.05, 0.1) is 6.42 Å². The Morgan fingerprint density at radius 2 is 1.36 bits per heavy atom. The summed E-state index contributed by atoms with van der Waals surface area (Å²) < 4.78 is 84.3. The molecule has 1 atom stereocenters. The van der Waals surface area contributed by atoms with Gasteiger partial charge in [-0.15, -0.1) is 0 Å². The van der Waals surface area contributed by atoms with E-state index in [2.05, 4.69) is 6.92 Å². The molecule has 0 unspecified atom stereocenters. The molecule has 0 spiro atoms. The lowest BCUT2D eigenvalue weighted by molar-refractivity contribution is -0.169. The van der Waals surface area contributed by atoms with E-state index < -0.39 is 37.3 Å². The van der Waals surface area contributed by atoms with Crippen molar-refractivity contribution in [2.45, 2.75) is 37.3 Å². The summed E-state index contributed by atoms with van der Waals surface area (Å²) in [4.78, 5) is 0. The minimum absolute atomic E-state index is 1.26. The van der Waals surface area contributed by atoms with Gasteiger partial charge in [-0.2, -0.15) is 0 Å². The van der Waals surface area contributed by atoms with E-state index in [1.54, 1.807) is 0 Å². The summed E-state index contributed by atoms with van der Waals surface area (Å²) in [6.07, 6.45) is -10.9. The summed E-state index contributed by atoms with van der Waals surface area (Å²) in [5.74, 6) is -8.84. The number of halogens is 7. The summed E-state index contributed by atoms with van der Waals surface area (Å²) >= 11 is 0. The highest BCUT2D eigenvalue weighted by Crippen LogP contribution is 2.35. The van der Waals surface area contributed by atoms with Crippen LogP contribution in [-0.4, -0.2) is 24.4 Å².